The second kappa shape index (κ2) is 6.51. The molecular weight excluding hydrogens is 336 g/mol. The van der Waals surface area contributed by atoms with E-state index in [1.165, 1.54) is 12.1 Å². The summed E-state index contributed by atoms with van der Waals surface area (Å²) in [6, 6.07) is 9.96. The van der Waals surface area contributed by atoms with Crippen molar-refractivity contribution in [2.75, 3.05) is 0 Å². The molecule has 3 rings (SSSR count). The normalized spacial score (nSPS) is 11.0. The minimum atomic E-state index is -3.70. The van der Waals surface area contributed by atoms with E-state index in [-0.39, 0.29) is 4.90 Å². The Labute approximate surface area is 146 Å². The number of primary sulfonamides is 1. The minimum Gasteiger partial charge on any atom is -0.281 e. The first-order chi connectivity index (χ1) is 11.8. The van der Waals surface area contributed by atoms with E-state index in [0.29, 0.717) is 5.56 Å². The smallest absolute Gasteiger partial charge is 0.238 e. The topological polar surface area (TPSA) is 102 Å². The first-order valence-corrected chi connectivity index (χ1v) is 9.02. The lowest BCUT2D eigenvalue weighted by molar-refractivity contribution is 0.598. The van der Waals surface area contributed by atoms with Crippen LogP contribution in [-0.2, 0) is 10.0 Å². The Bertz CT molecular complexity index is 1090. The Morgan fingerprint density at radius 2 is 1.80 bits per heavy atom. The van der Waals surface area contributed by atoms with Crippen molar-refractivity contribution in [2.45, 2.75) is 18.7 Å². The van der Waals surface area contributed by atoms with Crippen LogP contribution in [0.2, 0.25) is 0 Å². The third-order valence-corrected chi connectivity index (χ3v) is 4.56. The zero-order valence-corrected chi connectivity index (χ0v) is 14.6. The van der Waals surface area contributed by atoms with Gasteiger partial charge in [-0.1, -0.05) is 11.8 Å². The zero-order valence-electron chi connectivity index (χ0n) is 13.7. The molecule has 0 bridgehead atoms. The van der Waals surface area contributed by atoms with E-state index < -0.39 is 10.0 Å². The molecule has 0 aliphatic heterocycles. The Hall–Kier alpha value is -2.95. The Kier molecular flexibility index (Phi) is 4.40. The monoisotopic (exact) mass is 352 g/mol. The number of aromatic nitrogens is 3. The summed E-state index contributed by atoms with van der Waals surface area (Å²) in [5.74, 6) is 6.14. The number of hydrogen-bond donors (Lipinski definition) is 2. The quantitative estimate of drug-likeness (QED) is 0.690. The van der Waals surface area contributed by atoms with Gasteiger partial charge >= 0.3 is 0 Å². The number of aryl methyl sites for hydroxylation is 2. The van der Waals surface area contributed by atoms with Crippen LogP contribution < -0.4 is 5.14 Å². The molecule has 0 fully saturated rings. The first kappa shape index (κ1) is 16.9. The van der Waals surface area contributed by atoms with Crippen LogP contribution in [0.4, 0.5) is 0 Å². The van der Waals surface area contributed by atoms with Crippen LogP contribution in [0, 0.1) is 25.7 Å². The number of aromatic amines is 1. The van der Waals surface area contributed by atoms with Crippen molar-refractivity contribution in [3.05, 3.63) is 65.1 Å². The van der Waals surface area contributed by atoms with Crippen molar-refractivity contribution in [3.63, 3.8) is 0 Å². The number of benzene rings is 1. The predicted octanol–water partition coefficient (Wildman–Crippen LogP) is 2.14. The molecule has 0 spiro atoms. The van der Waals surface area contributed by atoms with Gasteiger partial charge in [-0.2, -0.15) is 5.10 Å². The van der Waals surface area contributed by atoms with Crippen molar-refractivity contribution in [3.8, 4) is 23.1 Å². The van der Waals surface area contributed by atoms with Crippen molar-refractivity contribution in [1.29, 1.82) is 0 Å². The lowest BCUT2D eigenvalue weighted by Gasteiger charge is -1.99. The molecule has 126 valence electrons. The summed E-state index contributed by atoms with van der Waals surface area (Å²) >= 11 is 0. The van der Waals surface area contributed by atoms with E-state index in [2.05, 4.69) is 27.0 Å². The van der Waals surface area contributed by atoms with Gasteiger partial charge in [-0.05, 0) is 50.2 Å². The summed E-state index contributed by atoms with van der Waals surface area (Å²) in [5.41, 5.74) is 4.93. The lowest BCUT2D eigenvalue weighted by atomic mass is 10.1. The van der Waals surface area contributed by atoms with E-state index >= 15 is 0 Å². The molecule has 0 radical (unpaired) electrons. The van der Waals surface area contributed by atoms with Gasteiger partial charge in [0.2, 0.25) is 10.0 Å². The fraction of sp³-hybridized carbons (Fsp3) is 0.111. The number of nitrogens with two attached hydrogens (primary N) is 1. The van der Waals surface area contributed by atoms with E-state index in [1.54, 1.807) is 18.3 Å². The summed E-state index contributed by atoms with van der Waals surface area (Å²) in [6.07, 6.45) is 1.73. The maximum atomic E-state index is 11.3. The van der Waals surface area contributed by atoms with Crippen molar-refractivity contribution < 1.29 is 8.42 Å². The van der Waals surface area contributed by atoms with E-state index in [9.17, 15) is 8.42 Å². The second-order valence-electron chi connectivity index (χ2n) is 5.58. The molecule has 2 aromatic heterocycles. The van der Waals surface area contributed by atoms with Crippen molar-refractivity contribution >= 4 is 10.0 Å². The molecule has 1 aromatic carbocycles. The average Bonchev–Trinajstić information content (AvgIpc) is 2.93. The number of hydrogen-bond acceptors (Lipinski definition) is 4. The fourth-order valence-electron chi connectivity index (χ4n) is 2.35. The molecule has 0 atom stereocenters. The minimum absolute atomic E-state index is 0.0606. The average molecular weight is 352 g/mol. The number of nitrogens with one attached hydrogen (secondary N) is 1. The SMILES string of the molecule is Cc1cc(-c2n[nH]c(C)c2C#Cc2ccc(S(N)(=O)=O)cc2)ccn1. The predicted molar refractivity (Wildman–Crippen MR) is 95.1 cm³/mol. The molecule has 0 unspecified atom stereocenters. The van der Waals surface area contributed by atoms with Crippen LogP contribution in [-0.4, -0.2) is 23.6 Å². The van der Waals surface area contributed by atoms with Crippen LogP contribution in [0.15, 0.2) is 47.5 Å². The number of sulfonamides is 1. The van der Waals surface area contributed by atoms with Crippen molar-refractivity contribution in [2.24, 2.45) is 5.14 Å². The number of pyridine rings is 1. The van der Waals surface area contributed by atoms with Crippen LogP contribution in [0.3, 0.4) is 0 Å². The molecule has 0 aliphatic rings. The second-order valence-corrected chi connectivity index (χ2v) is 7.14. The van der Waals surface area contributed by atoms with E-state index in [4.69, 9.17) is 5.14 Å². The van der Waals surface area contributed by atoms with Gasteiger partial charge in [0.05, 0.1) is 10.5 Å². The molecule has 3 N–H and O–H groups in total. The van der Waals surface area contributed by atoms with Crippen LogP contribution in [0.1, 0.15) is 22.5 Å². The molecule has 0 saturated heterocycles. The van der Waals surface area contributed by atoms with Gasteiger partial charge in [0.15, 0.2) is 0 Å². The third kappa shape index (κ3) is 3.76. The molecule has 7 heteroatoms. The molecule has 3 aromatic rings. The summed E-state index contributed by atoms with van der Waals surface area (Å²) < 4.78 is 22.6. The molecule has 0 aliphatic carbocycles. The fourth-order valence-corrected chi connectivity index (χ4v) is 2.86. The van der Waals surface area contributed by atoms with Gasteiger partial charge in [0, 0.05) is 28.7 Å². The summed E-state index contributed by atoms with van der Waals surface area (Å²) in [7, 11) is -3.70. The Morgan fingerprint density at radius 1 is 1.08 bits per heavy atom. The maximum absolute atomic E-state index is 11.3. The molecule has 2 heterocycles. The van der Waals surface area contributed by atoms with Crippen LogP contribution in [0.5, 0.6) is 0 Å². The summed E-state index contributed by atoms with van der Waals surface area (Å²) in [4.78, 5) is 4.25. The number of nitrogens with zero attached hydrogens (tertiary/aromatic N) is 2. The highest BCUT2D eigenvalue weighted by molar-refractivity contribution is 7.89. The van der Waals surface area contributed by atoms with Crippen molar-refractivity contribution in [1.82, 2.24) is 15.2 Å². The van der Waals surface area contributed by atoms with Gasteiger partial charge in [-0.25, -0.2) is 13.6 Å². The third-order valence-electron chi connectivity index (χ3n) is 3.63. The van der Waals surface area contributed by atoms with Crippen LogP contribution >= 0.6 is 0 Å². The van der Waals surface area contributed by atoms with Crippen LogP contribution in [0.25, 0.3) is 11.3 Å². The van der Waals surface area contributed by atoms with Gasteiger partial charge < -0.3 is 0 Å². The molecular formula is C18H16N4O2S. The Balaban J connectivity index is 1.98. The standard InChI is InChI=1S/C18H16N4O2S/c1-12-11-15(9-10-20-12)18-17(13(2)21-22-18)8-5-14-3-6-16(7-4-14)25(19,23)24/h3-4,6-7,9-11H,1-2H3,(H,21,22)(H2,19,23,24). The number of rotatable bonds is 2. The number of H-pyrrole nitrogens is 1. The summed E-state index contributed by atoms with van der Waals surface area (Å²) in [6.45, 7) is 3.82. The highest BCUT2D eigenvalue weighted by atomic mass is 32.2. The van der Waals surface area contributed by atoms with Gasteiger partial charge in [-0.15, -0.1) is 0 Å². The molecule has 0 amide bonds. The van der Waals surface area contributed by atoms with E-state index in [0.717, 1.165) is 28.2 Å². The molecule has 25 heavy (non-hydrogen) atoms. The summed E-state index contributed by atoms with van der Waals surface area (Å²) in [5, 5.41) is 12.4. The van der Waals surface area contributed by atoms with E-state index in [1.807, 2.05) is 26.0 Å². The first-order valence-electron chi connectivity index (χ1n) is 7.47. The van der Waals surface area contributed by atoms with Gasteiger partial charge in [0.25, 0.3) is 0 Å². The zero-order chi connectivity index (χ0) is 18.0. The lowest BCUT2D eigenvalue weighted by Crippen LogP contribution is -2.11. The van der Waals surface area contributed by atoms with Gasteiger partial charge in [-0.3, -0.25) is 10.1 Å². The van der Waals surface area contributed by atoms with Gasteiger partial charge in [0.1, 0.15) is 5.69 Å². The highest BCUT2D eigenvalue weighted by Crippen LogP contribution is 2.23. The maximum Gasteiger partial charge on any atom is 0.238 e. The molecule has 0 saturated carbocycles. The largest absolute Gasteiger partial charge is 0.281 e. The molecule has 6 nitrogen and oxygen atoms in total. The highest BCUT2D eigenvalue weighted by Gasteiger charge is 2.11. The Morgan fingerprint density at radius 3 is 2.44 bits per heavy atom.